The molecule has 0 aliphatic heterocycles. The van der Waals surface area contributed by atoms with Crippen LogP contribution in [0.5, 0.6) is 0 Å². The second-order valence-electron chi connectivity index (χ2n) is 6.47. The average molecular weight is 265 g/mol. The van der Waals surface area contributed by atoms with Gasteiger partial charge in [-0.2, -0.15) is 5.26 Å². The van der Waals surface area contributed by atoms with Gasteiger partial charge < -0.3 is 4.90 Å². The average Bonchev–Trinajstić information content (AvgIpc) is 2.40. The van der Waals surface area contributed by atoms with Crippen LogP contribution < -0.4 is 5.32 Å². The topological polar surface area (TPSA) is 39.1 Å². The maximum absolute atomic E-state index is 9.34. The lowest BCUT2D eigenvalue weighted by Gasteiger charge is -2.34. The summed E-state index contributed by atoms with van der Waals surface area (Å²) in [5, 5.41) is 12.6. The highest BCUT2D eigenvalue weighted by Gasteiger charge is 2.27. The van der Waals surface area contributed by atoms with Crippen LogP contribution in [-0.4, -0.2) is 36.6 Å². The standard InChI is InChI=1S/C16H31N3/c1-5-18-16(3,13-17)11-14(2)19(4)12-15-9-7-6-8-10-15/h14-15,18H,5-12H2,1-4H3. The van der Waals surface area contributed by atoms with E-state index in [4.69, 9.17) is 0 Å². The van der Waals surface area contributed by atoms with Crippen molar-refractivity contribution >= 4 is 0 Å². The number of rotatable bonds is 7. The normalized spacial score (nSPS) is 21.9. The highest BCUT2D eigenvalue weighted by molar-refractivity contribution is 5.05. The number of nitriles is 1. The van der Waals surface area contributed by atoms with Crippen LogP contribution >= 0.6 is 0 Å². The molecule has 3 nitrogen and oxygen atoms in total. The Kier molecular flexibility index (Phi) is 6.82. The molecule has 0 bridgehead atoms. The zero-order valence-electron chi connectivity index (χ0n) is 13.2. The van der Waals surface area contributed by atoms with Crippen molar-refractivity contribution in [3.8, 4) is 6.07 Å². The molecule has 1 saturated carbocycles. The molecule has 110 valence electrons. The van der Waals surface area contributed by atoms with Gasteiger partial charge in [-0.1, -0.05) is 26.2 Å². The van der Waals surface area contributed by atoms with E-state index in [2.05, 4.69) is 37.2 Å². The molecule has 0 heterocycles. The monoisotopic (exact) mass is 265 g/mol. The Balaban J connectivity index is 2.42. The lowest BCUT2D eigenvalue weighted by atomic mass is 9.88. The van der Waals surface area contributed by atoms with Crippen LogP contribution in [0.2, 0.25) is 0 Å². The summed E-state index contributed by atoms with van der Waals surface area (Å²) in [5.41, 5.74) is -0.394. The van der Waals surface area contributed by atoms with Crippen LogP contribution in [0.15, 0.2) is 0 Å². The summed E-state index contributed by atoms with van der Waals surface area (Å²) in [5.74, 6) is 0.869. The van der Waals surface area contributed by atoms with Crippen molar-refractivity contribution < 1.29 is 0 Å². The number of nitrogens with zero attached hydrogens (tertiary/aromatic N) is 2. The molecule has 0 spiro atoms. The summed E-state index contributed by atoms with van der Waals surface area (Å²) in [6, 6.07) is 2.88. The van der Waals surface area contributed by atoms with Crippen molar-refractivity contribution in [2.45, 2.75) is 70.9 Å². The van der Waals surface area contributed by atoms with Crippen molar-refractivity contribution in [3.63, 3.8) is 0 Å². The third-order valence-electron chi connectivity index (χ3n) is 4.54. The van der Waals surface area contributed by atoms with Crippen molar-refractivity contribution in [1.82, 2.24) is 10.2 Å². The van der Waals surface area contributed by atoms with E-state index in [1.54, 1.807) is 0 Å². The van der Waals surface area contributed by atoms with Crippen LogP contribution in [-0.2, 0) is 0 Å². The fourth-order valence-electron chi connectivity index (χ4n) is 3.25. The van der Waals surface area contributed by atoms with Crippen LogP contribution in [0.25, 0.3) is 0 Å². The fraction of sp³-hybridized carbons (Fsp3) is 0.938. The molecule has 1 aliphatic rings. The Morgan fingerprint density at radius 2 is 2.00 bits per heavy atom. The first-order valence-electron chi connectivity index (χ1n) is 7.87. The van der Waals surface area contributed by atoms with E-state index >= 15 is 0 Å². The van der Waals surface area contributed by atoms with E-state index in [0.29, 0.717) is 6.04 Å². The zero-order chi connectivity index (χ0) is 14.3. The van der Waals surface area contributed by atoms with Gasteiger partial charge in [0.05, 0.1) is 6.07 Å². The van der Waals surface area contributed by atoms with E-state index in [9.17, 15) is 5.26 Å². The molecular weight excluding hydrogens is 234 g/mol. The molecule has 0 aromatic heterocycles. The first kappa shape index (κ1) is 16.5. The molecule has 1 fully saturated rings. The predicted octanol–water partition coefficient (Wildman–Crippen LogP) is 3.17. The summed E-state index contributed by atoms with van der Waals surface area (Å²) in [7, 11) is 2.21. The van der Waals surface area contributed by atoms with E-state index in [0.717, 1.165) is 18.9 Å². The predicted molar refractivity (Wildman–Crippen MR) is 81.0 cm³/mol. The Morgan fingerprint density at radius 3 is 2.53 bits per heavy atom. The number of hydrogen-bond donors (Lipinski definition) is 1. The molecule has 0 saturated heterocycles. The highest BCUT2D eigenvalue weighted by Crippen LogP contribution is 2.25. The minimum Gasteiger partial charge on any atom is -0.303 e. The minimum atomic E-state index is -0.394. The van der Waals surface area contributed by atoms with Gasteiger partial charge in [0.2, 0.25) is 0 Å². The molecule has 3 heteroatoms. The van der Waals surface area contributed by atoms with Gasteiger partial charge in [0.1, 0.15) is 5.54 Å². The largest absolute Gasteiger partial charge is 0.303 e. The van der Waals surface area contributed by atoms with Crippen molar-refractivity contribution in [3.05, 3.63) is 0 Å². The zero-order valence-corrected chi connectivity index (χ0v) is 13.2. The van der Waals surface area contributed by atoms with Crippen molar-refractivity contribution in [1.29, 1.82) is 5.26 Å². The lowest BCUT2D eigenvalue weighted by Crippen LogP contribution is -2.47. The minimum absolute atomic E-state index is 0.394. The maximum Gasteiger partial charge on any atom is 0.105 e. The van der Waals surface area contributed by atoms with E-state index in [1.165, 1.54) is 38.6 Å². The molecule has 1 rings (SSSR count). The molecule has 0 radical (unpaired) electrons. The SMILES string of the molecule is CCNC(C)(C#N)CC(C)N(C)CC1CCCCC1. The van der Waals surface area contributed by atoms with Gasteiger partial charge in [-0.25, -0.2) is 0 Å². The highest BCUT2D eigenvalue weighted by atomic mass is 15.1. The van der Waals surface area contributed by atoms with Gasteiger partial charge in [-0.05, 0) is 52.6 Å². The fourth-order valence-corrected chi connectivity index (χ4v) is 3.25. The summed E-state index contributed by atoms with van der Waals surface area (Å²) < 4.78 is 0. The molecular formula is C16H31N3. The quantitative estimate of drug-likeness (QED) is 0.768. The third kappa shape index (κ3) is 5.50. The second-order valence-corrected chi connectivity index (χ2v) is 6.47. The Bertz CT molecular complexity index is 291. The first-order valence-corrected chi connectivity index (χ1v) is 7.87. The summed E-state index contributed by atoms with van der Waals surface area (Å²) in [6.45, 7) is 8.36. The van der Waals surface area contributed by atoms with Crippen LogP contribution in [0.4, 0.5) is 0 Å². The molecule has 1 aliphatic carbocycles. The molecule has 0 aromatic rings. The van der Waals surface area contributed by atoms with Crippen molar-refractivity contribution in [2.75, 3.05) is 20.1 Å². The first-order chi connectivity index (χ1) is 9.00. The Labute approximate surface area is 119 Å². The Hall–Kier alpha value is -0.590. The van der Waals surface area contributed by atoms with Crippen LogP contribution in [0.3, 0.4) is 0 Å². The van der Waals surface area contributed by atoms with E-state index in [1.807, 2.05) is 6.92 Å². The van der Waals surface area contributed by atoms with E-state index < -0.39 is 5.54 Å². The van der Waals surface area contributed by atoms with Gasteiger partial charge in [0.25, 0.3) is 0 Å². The van der Waals surface area contributed by atoms with Gasteiger partial charge in [0.15, 0.2) is 0 Å². The number of nitrogens with one attached hydrogen (secondary N) is 1. The summed E-state index contributed by atoms with van der Waals surface area (Å²) >= 11 is 0. The molecule has 19 heavy (non-hydrogen) atoms. The molecule has 2 atom stereocenters. The van der Waals surface area contributed by atoms with Crippen molar-refractivity contribution in [2.24, 2.45) is 5.92 Å². The number of hydrogen-bond acceptors (Lipinski definition) is 3. The summed E-state index contributed by atoms with van der Waals surface area (Å²) in [4.78, 5) is 2.45. The van der Waals surface area contributed by atoms with Gasteiger partial charge in [0, 0.05) is 12.6 Å². The summed E-state index contributed by atoms with van der Waals surface area (Å²) in [6.07, 6.45) is 7.89. The van der Waals surface area contributed by atoms with Crippen LogP contribution in [0.1, 0.15) is 59.3 Å². The van der Waals surface area contributed by atoms with Crippen LogP contribution in [0, 0.1) is 17.2 Å². The van der Waals surface area contributed by atoms with Gasteiger partial charge in [-0.15, -0.1) is 0 Å². The smallest absolute Gasteiger partial charge is 0.105 e. The Morgan fingerprint density at radius 1 is 1.37 bits per heavy atom. The van der Waals surface area contributed by atoms with E-state index in [-0.39, 0.29) is 0 Å². The second kappa shape index (κ2) is 7.87. The lowest BCUT2D eigenvalue weighted by molar-refractivity contribution is 0.167. The third-order valence-corrected chi connectivity index (χ3v) is 4.54. The van der Waals surface area contributed by atoms with Gasteiger partial charge in [-0.3, -0.25) is 5.32 Å². The molecule has 2 unspecified atom stereocenters. The maximum atomic E-state index is 9.34. The van der Waals surface area contributed by atoms with Gasteiger partial charge >= 0.3 is 0 Å². The molecule has 0 amide bonds. The molecule has 0 aromatic carbocycles. The molecule has 1 N–H and O–H groups in total.